The Labute approximate surface area is 314 Å². The van der Waals surface area contributed by atoms with Crippen molar-refractivity contribution in [2.75, 3.05) is 51.4 Å². The monoisotopic (exact) mass is 754 g/mol. The van der Waals surface area contributed by atoms with E-state index in [0.717, 1.165) is 22.6 Å². The molecule has 2 aromatic carbocycles. The van der Waals surface area contributed by atoms with Gasteiger partial charge in [-0.05, 0) is 30.0 Å². The van der Waals surface area contributed by atoms with Gasteiger partial charge < -0.3 is 19.7 Å². The molecule has 3 fully saturated rings. The van der Waals surface area contributed by atoms with Crippen molar-refractivity contribution in [2.24, 2.45) is 0 Å². The minimum absolute atomic E-state index is 0.0338. The lowest BCUT2D eigenvalue weighted by molar-refractivity contribution is -0.146. The second-order valence-electron chi connectivity index (χ2n) is 13.2. The molecule has 2 saturated heterocycles. The van der Waals surface area contributed by atoms with Gasteiger partial charge in [0.25, 0.3) is 11.8 Å². The molecule has 17 nitrogen and oxygen atoms in total. The molecule has 1 saturated carbocycles. The molecule has 286 valence electrons. The Morgan fingerprint density at radius 1 is 0.836 bits per heavy atom. The van der Waals surface area contributed by atoms with Crippen molar-refractivity contribution in [1.82, 2.24) is 25.3 Å². The van der Waals surface area contributed by atoms with Crippen LogP contribution in [-0.4, -0.2) is 120 Å². The van der Waals surface area contributed by atoms with Gasteiger partial charge in [-0.1, -0.05) is 36.4 Å². The zero-order valence-corrected chi connectivity index (χ0v) is 29.6. The van der Waals surface area contributed by atoms with Gasteiger partial charge in [-0.3, -0.25) is 54.0 Å². The van der Waals surface area contributed by atoms with Crippen molar-refractivity contribution in [1.29, 1.82) is 0 Å². The van der Waals surface area contributed by atoms with E-state index in [4.69, 9.17) is 9.47 Å². The van der Waals surface area contributed by atoms with Gasteiger partial charge in [-0.15, -0.1) is 0 Å². The molecular formula is C38H38N6O11. The van der Waals surface area contributed by atoms with Crippen LogP contribution in [-0.2, 0) is 38.2 Å². The number of rotatable bonds is 11. The molecule has 17 heteroatoms. The number of amides is 6. The van der Waals surface area contributed by atoms with Crippen molar-refractivity contribution in [3.63, 3.8) is 0 Å². The number of piperidine rings is 1. The number of benzene rings is 2. The Balaban J connectivity index is 0.876. The molecule has 4 aliphatic rings. The molecule has 55 heavy (non-hydrogen) atoms. The van der Waals surface area contributed by atoms with Crippen molar-refractivity contribution in [3.05, 3.63) is 89.1 Å². The number of allylic oxidation sites excluding steroid dienone is 1. The number of hydrogen-bond acceptors (Lipinski definition) is 13. The van der Waals surface area contributed by atoms with Crippen LogP contribution in [0.15, 0.2) is 72.5 Å². The number of ether oxygens (including phenoxy) is 2. The first kappa shape index (κ1) is 38.2. The predicted molar refractivity (Wildman–Crippen MR) is 191 cm³/mol. The maximum atomic E-state index is 13.2. The van der Waals surface area contributed by atoms with Crippen LogP contribution in [0.4, 0.5) is 10.5 Å². The summed E-state index contributed by atoms with van der Waals surface area (Å²) in [4.78, 5) is 117. The number of nitrogens with zero attached hydrogens (tertiary/aromatic N) is 3. The van der Waals surface area contributed by atoms with Crippen molar-refractivity contribution in [3.8, 4) is 0 Å². The first-order valence-corrected chi connectivity index (χ1v) is 17.7. The van der Waals surface area contributed by atoms with Gasteiger partial charge in [0.1, 0.15) is 6.04 Å². The minimum Gasteiger partial charge on any atom is -0.425 e. The van der Waals surface area contributed by atoms with Gasteiger partial charge in [-0.25, -0.2) is 9.59 Å². The number of Topliss-reactive ketones (excluding diaryl/α,β-unsaturated/α-hetero) is 2. The van der Waals surface area contributed by atoms with Crippen LogP contribution in [0.3, 0.4) is 0 Å². The van der Waals surface area contributed by atoms with Crippen LogP contribution in [0.25, 0.3) is 0 Å². The normalized spacial score (nSPS) is 20.3. The molecule has 1 atom stereocenters. The summed E-state index contributed by atoms with van der Waals surface area (Å²) in [5.74, 6) is -4.69. The summed E-state index contributed by atoms with van der Waals surface area (Å²) in [6.07, 6.45) is 2.85. The number of anilines is 1. The third kappa shape index (κ3) is 9.01. The summed E-state index contributed by atoms with van der Waals surface area (Å²) >= 11 is 0. The highest BCUT2D eigenvalue weighted by Gasteiger charge is 2.45. The summed E-state index contributed by atoms with van der Waals surface area (Å²) in [5, 5.41) is 7.51. The molecule has 0 aromatic heterocycles. The quantitative estimate of drug-likeness (QED) is 0.0730. The van der Waals surface area contributed by atoms with Gasteiger partial charge in [0.05, 0.1) is 22.4 Å². The lowest BCUT2D eigenvalue weighted by Crippen LogP contribution is -2.54. The van der Waals surface area contributed by atoms with E-state index in [0.29, 0.717) is 52.1 Å². The van der Waals surface area contributed by atoms with Gasteiger partial charge in [0.2, 0.25) is 24.5 Å². The van der Waals surface area contributed by atoms with Gasteiger partial charge in [-0.2, -0.15) is 0 Å². The zero-order valence-electron chi connectivity index (χ0n) is 29.6. The summed E-state index contributed by atoms with van der Waals surface area (Å²) in [6.45, 7) is 2.25. The third-order valence-electron chi connectivity index (χ3n) is 9.70. The lowest BCUT2D eigenvalue weighted by Gasteiger charge is -2.34. The molecule has 0 bridgehead atoms. The number of hydrogen-bond donors (Lipinski definition) is 3. The van der Waals surface area contributed by atoms with E-state index in [-0.39, 0.29) is 52.7 Å². The topological polar surface area (TPSA) is 218 Å². The Bertz CT molecular complexity index is 1970. The number of imide groups is 2. The van der Waals surface area contributed by atoms with E-state index in [2.05, 4.69) is 20.9 Å². The summed E-state index contributed by atoms with van der Waals surface area (Å²) in [5.41, 5.74) is 0.882. The van der Waals surface area contributed by atoms with Gasteiger partial charge in [0, 0.05) is 76.9 Å². The van der Waals surface area contributed by atoms with E-state index < -0.39 is 54.4 Å². The van der Waals surface area contributed by atoms with Crippen LogP contribution in [0, 0.1) is 0 Å². The average Bonchev–Trinajstić information content (AvgIpc) is 3.43. The highest BCUT2D eigenvalue weighted by Crippen LogP contribution is 2.33. The molecule has 0 radical (unpaired) electrons. The van der Waals surface area contributed by atoms with Gasteiger partial charge >= 0.3 is 12.1 Å². The Morgan fingerprint density at radius 3 is 2.27 bits per heavy atom. The van der Waals surface area contributed by atoms with E-state index in [1.807, 2.05) is 30.3 Å². The van der Waals surface area contributed by atoms with E-state index in [9.17, 15) is 43.2 Å². The fraction of sp³-hybridized carbons (Fsp3) is 0.342. The minimum atomic E-state index is -1.18. The fourth-order valence-corrected chi connectivity index (χ4v) is 6.80. The Morgan fingerprint density at radius 2 is 1.56 bits per heavy atom. The summed E-state index contributed by atoms with van der Waals surface area (Å²) in [7, 11) is 0. The first-order chi connectivity index (χ1) is 26.5. The number of ketones is 2. The summed E-state index contributed by atoms with van der Waals surface area (Å²) < 4.78 is 9.72. The highest BCUT2D eigenvalue weighted by atomic mass is 16.7. The number of carbonyl (C=O) groups is 9. The van der Waals surface area contributed by atoms with Crippen LogP contribution in [0.5, 0.6) is 0 Å². The highest BCUT2D eigenvalue weighted by molar-refractivity contribution is 6.26. The van der Waals surface area contributed by atoms with Crippen LogP contribution in [0.2, 0.25) is 0 Å². The number of esters is 1. The second-order valence-corrected chi connectivity index (χ2v) is 13.2. The lowest BCUT2D eigenvalue weighted by atomic mass is 9.80. The number of nitrogens with one attached hydrogen (secondary N) is 3. The largest absolute Gasteiger partial charge is 0.425 e. The molecule has 0 spiro atoms. The van der Waals surface area contributed by atoms with Crippen LogP contribution < -0.4 is 16.0 Å². The van der Waals surface area contributed by atoms with Crippen LogP contribution >= 0.6 is 0 Å². The van der Waals surface area contributed by atoms with E-state index >= 15 is 0 Å². The molecule has 3 N–H and O–H groups in total. The maximum absolute atomic E-state index is 13.2. The van der Waals surface area contributed by atoms with Crippen LogP contribution in [0.1, 0.15) is 57.9 Å². The summed E-state index contributed by atoms with van der Waals surface area (Å²) in [6, 6.07) is 12.5. The standard InChI is InChI=1S/C38H38N6O11/c45-29-19-24(23-5-2-1-3-6-23)20-30(46)26(29)21-39-13-14-42-15-17-43(18-16-42)32(48)11-12-33(49)54-22-55-38(53)40-27-8-4-7-25-34(27)37(52)44(36(25)51)28-9-10-31(47)41-35(28)50/h1-8,11-12,21,24,28,39H,9-10,13-20,22H2,(H,40,53)(H,41,47,50)/b12-11+,26-21?. The molecule has 6 amide bonds. The SMILES string of the molecule is O=C1CCC(N2C(=O)c3cccc(NC(=O)OCOC(=O)/C=C/C(=O)N4CCN(CCNC=C5C(=O)CC(c6ccccc6)CC5=O)CC4)c3C2=O)C(=O)N1. The van der Waals surface area contributed by atoms with Crippen molar-refractivity contribution < 1.29 is 52.6 Å². The third-order valence-corrected chi connectivity index (χ3v) is 9.70. The molecule has 3 aliphatic heterocycles. The predicted octanol–water partition coefficient (Wildman–Crippen LogP) is 1.03. The maximum Gasteiger partial charge on any atom is 0.414 e. The molecule has 1 aliphatic carbocycles. The van der Waals surface area contributed by atoms with Crippen molar-refractivity contribution >= 4 is 58.9 Å². The average molecular weight is 755 g/mol. The number of piperazine rings is 1. The number of fused-ring (bicyclic) bond motifs is 1. The van der Waals surface area contributed by atoms with Gasteiger partial charge in [0.15, 0.2) is 11.6 Å². The van der Waals surface area contributed by atoms with Crippen molar-refractivity contribution in [2.45, 2.75) is 37.6 Å². The molecule has 6 rings (SSSR count). The zero-order chi connectivity index (χ0) is 39.1. The number of carbonyl (C=O) groups excluding carboxylic acids is 9. The first-order valence-electron chi connectivity index (χ1n) is 17.7. The van der Waals surface area contributed by atoms with E-state index in [1.165, 1.54) is 24.4 Å². The molecule has 3 heterocycles. The Kier molecular flexibility index (Phi) is 11.9. The second kappa shape index (κ2) is 17.1. The molecule has 2 aromatic rings. The fourth-order valence-electron chi connectivity index (χ4n) is 6.80. The Hall–Kier alpha value is -6.49. The smallest absolute Gasteiger partial charge is 0.414 e. The van der Waals surface area contributed by atoms with E-state index in [1.54, 1.807) is 4.90 Å². The molecular weight excluding hydrogens is 716 g/mol. The molecule has 1 unspecified atom stereocenters.